The lowest BCUT2D eigenvalue weighted by atomic mass is 10.3. The maximum Gasteiger partial charge on any atom is 0.252 e. The summed E-state index contributed by atoms with van der Waals surface area (Å²) in [5.74, 6) is 0. The molecule has 0 saturated carbocycles. The molecular formula is C13H22N2O2S2. The van der Waals surface area contributed by atoms with Gasteiger partial charge in [0.25, 0.3) is 10.0 Å². The van der Waals surface area contributed by atoms with Crippen molar-refractivity contribution in [2.24, 2.45) is 0 Å². The molecule has 0 aliphatic heterocycles. The van der Waals surface area contributed by atoms with Gasteiger partial charge in [-0.1, -0.05) is 6.08 Å². The van der Waals surface area contributed by atoms with Crippen LogP contribution in [-0.2, 0) is 16.4 Å². The summed E-state index contributed by atoms with van der Waals surface area (Å²) in [6.45, 7) is 5.02. The van der Waals surface area contributed by atoms with Gasteiger partial charge in [-0.3, -0.25) is 0 Å². The molecule has 1 aromatic heterocycles. The standard InChI is InChI=1S/C13H22N2O2S2/c1-4-5-6-11-15(3)19(16,17)13-8-7-12(18-13)9-10-14-2/h4,7-8,14H,1,5-6,9-11H2,2-3H3. The topological polar surface area (TPSA) is 49.4 Å². The summed E-state index contributed by atoms with van der Waals surface area (Å²) in [5.41, 5.74) is 0. The Labute approximate surface area is 120 Å². The van der Waals surface area contributed by atoms with Gasteiger partial charge in [0, 0.05) is 18.5 Å². The van der Waals surface area contributed by atoms with E-state index in [1.165, 1.54) is 15.6 Å². The minimum Gasteiger partial charge on any atom is -0.319 e. The molecule has 1 aromatic rings. The molecule has 0 bridgehead atoms. The molecular weight excluding hydrogens is 280 g/mol. The fourth-order valence-corrected chi connectivity index (χ4v) is 4.39. The minimum atomic E-state index is -3.33. The largest absolute Gasteiger partial charge is 0.319 e. The first-order chi connectivity index (χ1) is 9.02. The van der Waals surface area contributed by atoms with Crippen LogP contribution in [0.3, 0.4) is 0 Å². The third-order valence-corrected chi connectivity index (χ3v) is 6.27. The smallest absolute Gasteiger partial charge is 0.252 e. The summed E-state index contributed by atoms with van der Waals surface area (Å²) in [6.07, 6.45) is 4.30. The van der Waals surface area contributed by atoms with E-state index in [9.17, 15) is 8.42 Å². The van der Waals surface area contributed by atoms with E-state index in [1.54, 1.807) is 19.2 Å². The van der Waals surface area contributed by atoms with Gasteiger partial charge >= 0.3 is 0 Å². The van der Waals surface area contributed by atoms with E-state index in [-0.39, 0.29) is 0 Å². The van der Waals surface area contributed by atoms with Crippen molar-refractivity contribution in [1.29, 1.82) is 0 Å². The zero-order chi connectivity index (χ0) is 14.3. The molecule has 1 rings (SSSR count). The molecule has 0 fully saturated rings. The Bertz CT molecular complexity index is 494. The predicted molar refractivity (Wildman–Crippen MR) is 81.2 cm³/mol. The number of nitrogens with one attached hydrogen (secondary N) is 1. The van der Waals surface area contributed by atoms with Crippen molar-refractivity contribution >= 4 is 21.4 Å². The van der Waals surface area contributed by atoms with Crippen LogP contribution < -0.4 is 5.32 Å². The molecule has 1 N–H and O–H groups in total. The molecule has 108 valence electrons. The number of hydrogen-bond acceptors (Lipinski definition) is 4. The van der Waals surface area contributed by atoms with Crippen molar-refractivity contribution in [3.63, 3.8) is 0 Å². The molecule has 6 heteroatoms. The van der Waals surface area contributed by atoms with Gasteiger partial charge in [-0.2, -0.15) is 0 Å². The molecule has 0 amide bonds. The van der Waals surface area contributed by atoms with Crippen LogP contribution in [-0.4, -0.2) is 39.9 Å². The number of hydrogen-bond donors (Lipinski definition) is 1. The average molecular weight is 302 g/mol. The average Bonchev–Trinajstić information content (AvgIpc) is 2.85. The molecule has 19 heavy (non-hydrogen) atoms. The second-order valence-electron chi connectivity index (χ2n) is 4.33. The fraction of sp³-hybridized carbons (Fsp3) is 0.538. The number of sulfonamides is 1. The van der Waals surface area contributed by atoms with Gasteiger partial charge in [0.1, 0.15) is 4.21 Å². The molecule has 0 radical (unpaired) electrons. The Morgan fingerprint density at radius 2 is 2.21 bits per heavy atom. The maximum atomic E-state index is 12.3. The number of allylic oxidation sites excluding steroid dienone is 1. The van der Waals surface area contributed by atoms with Crippen LogP contribution >= 0.6 is 11.3 Å². The minimum absolute atomic E-state index is 0.430. The highest BCUT2D eigenvalue weighted by molar-refractivity contribution is 7.91. The van der Waals surface area contributed by atoms with Gasteiger partial charge in [-0.05, 0) is 45.0 Å². The van der Waals surface area contributed by atoms with Crippen molar-refractivity contribution in [3.05, 3.63) is 29.7 Å². The van der Waals surface area contributed by atoms with Crippen molar-refractivity contribution in [2.75, 3.05) is 27.2 Å². The lowest BCUT2D eigenvalue weighted by molar-refractivity contribution is 0.464. The molecule has 0 spiro atoms. The SMILES string of the molecule is C=CCCCN(C)S(=O)(=O)c1ccc(CCNC)s1. The van der Waals surface area contributed by atoms with Gasteiger partial charge in [-0.25, -0.2) is 12.7 Å². The van der Waals surface area contributed by atoms with Crippen molar-refractivity contribution in [3.8, 4) is 0 Å². The van der Waals surface area contributed by atoms with Crippen molar-refractivity contribution < 1.29 is 8.42 Å². The predicted octanol–water partition coefficient (Wildman–Crippen LogP) is 2.10. The van der Waals surface area contributed by atoms with Crippen LogP contribution in [0.15, 0.2) is 29.0 Å². The molecule has 0 unspecified atom stereocenters. The maximum absolute atomic E-state index is 12.3. The third kappa shape index (κ3) is 4.72. The van der Waals surface area contributed by atoms with E-state index >= 15 is 0 Å². The highest BCUT2D eigenvalue weighted by Gasteiger charge is 2.22. The highest BCUT2D eigenvalue weighted by atomic mass is 32.2. The summed E-state index contributed by atoms with van der Waals surface area (Å²) < 4.78 is 26.5. The van der Waals surface area contributed by atoms with E-state index in [1.807, 2.05) is 13.1 Å². The lowest BCUT2D eigenvalue weighted by Gasteiger charge is -2.15. The van der Waals surface area contributed by atoms with Crippen molar-refractivity contribution in [2.45, 2.75) is 23.5 Å². The third-order valence-electron chi connectivity index (χ3n) is 2.80. The Balaban J connectivity index is 2.70. The molecule has 0 aromatic carbocycles. The molecule has 0 atom stereocenters. The highest BCUT2D eigenvalue weighted by Crippen LogP contribution is 2.24. The first-order valence-corrected chi connectivity index (χ1v) is 8.58. The van der Waals surface area contributed by atoms with Gasteiger partial charge < -0.3 is 5.32 Å². The van der Waals surface area contributed by atoms with E-state index in [0.29, 0.717) is 10.8 Å². The van der Waals surface area contributed by atoms with Crippen LogP contribution in [0.25, 0.3) is 0 Å². The number of thiophene rings is 1. The number of unbranched alkanes of at least 4 members (excludes halogenated alkanes) is 1. The summed E-state index contributed by atoms with van der Waals surface area (Å²) in [6, 6.07) is 3.60. The van der Waals surface area contributed by atoms with Crippen LogP contribution in [0.5, 0.6) is 0 Å². The zero-order valence-electron chi connectivity index (χ0n) is 11.6. The van der Waals surface area contributed by atoms with E-state index in [4.69, 9.17) is 0 Å². The Morgan fingerprint density at radius 3 is 2.84 bits per heavy atom. The Hall–Kier alpha value is -0.690. The van der Waals surface area contributed by atoms with E-state index in [2.05, 4.69) is 11.9 Å². The quantitative estimate of drug-likeness (QED) is 0.561. The Morgan fingerprint density at radius 1 is 1.47 bits per heavy atom. The molecule has 0 saturated heterocycles. The molecule has 1 heterocycles. The normalized spacial score (nSPS) is 11.9. The summed E-state index contributed by atoms with van der Waals surface area (Å²) in [4.78, 5) is 1.09. The van der Waals surface area contributed by atoms with Gasteiger partial charge in [0.2, 0.25) is 0 Å². The zero-order valence-corrected chi connectivity index (χ0v) is 13.2. The van der Waals surface area contributed by atoms with Gasteiger partial charge in [0.15, 0.2) is 0 Å². The summed E-state index contributed by atoms with van der Waals surface area (Å²) in [5, 5.41) is 3.06. The number of nitrogens with zero attached hydrogens (tertiary/aromatic N) is 1. The van der Waals surface area contributed by atoms with E-state index in [0.717, 1.165) is 30.7 Å². The molecule has 0 aliphatic carbocycles. The summed E-state index contributed by atoms with van der Waals surface area (Å²) >= 11 is 1.36. The van der Waals surface area contributed by atoms with Crippen molar-refractivity contribution in [1.82, 2.24) is 9.62 Å². The first kappa shape index (κ1) is 16.4. The van der Waals surface area contributed by atoms with Crippen LogP contribution in [0, 0.1) is 0 Å². The molecule has 0 aliphatic rings. The van der Waals surface area contributed by atoms with E-state index < -0.39 is 10.0 Å². The Kier molecular flexibility index (Phi) is 6.71. The number of rotatable bonds is 9. The number of likely N-dealkylation sites (N-methyl/N-ethyl adjacent to an activating group) is 1. The van der Waals surface area contributed by atoms with Crippen LogP contribution in [0.2, 0.25) is 0 Å². The van der Waals surface area contributed by atoms with Gasteiger partial charge in [-0.15, -0.1) is 17.9 Å². The second kappa shape index (κ2) is 7.79. The monoisotopic (exact) mass is 302 g/mol. The van der Waals surface area contributed by atoms with Gasteiger partial charge in [0.05, 0.1) is 0 Å². The summed E-state index contributed by atoms with van der Waals surface area (Å²) in [7, 11) is 0.191. The second-order valence-corrected chi connectivity index (χ2v) is 7.77. The first-order valence-electron chi connectivity index (χ1n) is 6.33. The molecule has 4 nitrogen and oxygen atoms in total. The lowest BCUT2D eigenvalue weighted by Crippen LogP contribution is -2.27. The fourth-order valence-electron chi connectivity index (χ4n) is 1.61. The van der Waals surface area contributed by atoms with Crippen LogP contribution in [0.4, 0.5) is 0 Å². The van der Waals surface area contributed by atoms with Crippen LogP contribution in [0.1, 0.15) is 17.7 Å².